The normalized spacial score (nSPS) is 10.7. The van der Waals surface area contributed by atoms with Crippen molar-refractivity contribution < 1.29 is 19.6 Å². The Morgan fingerprint density at radius 3 is 2.77 bits per heavy atom. The van der Waals surface area contributed by atoms with E-state index in [0.717, 1.165) is 11.3 Å². The van der Waals surface area contributed by atoms with Crippen LogP contribution in [0.1, 0.15) is 24.3 Å². The SMILES string of the molecule is CC(C)COc1ccc(-c2nc(C(=O)O)cs2)cc1[N+](=O)[O-]. The van der Waals surface area contributed by atoms with Gasteiger partial charge < -0.3 is 9.84 Å². The van der Waals surface area contributed by atoms with E-state index in [9.17, 15) is 14.9 Å². The molecule has 0 unspecified atom stereocenters. The Morgan fingerprint density at radius 2 is 2.23 bits per heavy atom. The molecule has 0 aliphatic carbocycles. The van der Waals surface area contributed by atoms with Crippen molar-refractivity contribution >= 4 is 23.0 Å². The summed E-state index contributed by atoms with van der Waals surface area (Å²) in [6.45, 7) is 4.27. The fourth-order valence-corrected chi connectivity index (χ4v) is 2.47. The van der Waals surface area contributed by atoms with Crippen LogP contribution in [-0.4, -0.2) is 27.6 Å². The minimum atomic E-state index is -1.13. The zero-order valence-electron chi connectivity index (χ0n) is 12.0. The van der Waals surface area contributed by atoms with Crippen molar-refractivity contribution in [1.82, 2.24) is 4.98 Å². The van der Waals surface area contributed by atoms with E-state index >= 15 is 0 Å². The maximum absolute atomic E-state index is 11.2. The number of nitro benzene ring substituents is 1. The minimum Gasteiger partial charge on any atom is -0.487 e. The number of aromatic nitrogens is 1. The average molecular weight is 322 g/mol. The predicted molar refractivity (Wildman–Crippen MR) is 81.5 cm³/mol. The first-order chi connectivity index (χ1) is 10.4. The molecule has 0 atom stereocenters. The summed E-state index contributed by atoms with van der Waals surface area (Å²) in [4.78, 5) is 25.4. The molecule has 1 aromatic carbocycles. The van der Waals surface area contributed by atoms with Crippen LogP contribution in [0.5, 0.6) is 5.75 Å². The van der Waals surface area contributed by atoms with Gasteiger partial charge in [0.1, 0.15) is 5.01 Å². The van der Waals surface area contributed by atoms with E-state index in [1.807, 2.05) is 13.8 Å². The van der Waals surface area contributed by atoms with Crippen LogP contribution in [0.4, 0.5) is 5.69 Å². The van der Waals surface area contributed by atoms with Crippen molar-refractivity contribution in [2.45, 2.75) is 13.8 Å². The lowest BCUT2D eigenvalue weighted by atomic mass is 10.2. The first-order valence-corrected chi connectivity index (χ1v) is 7.37. The van der Waals surface area contributed by atoms with Crippen molar-refractivity contribution in [3.05, 3.63) is 39.4 Å². The Hall–Kier alpha value is -2.48. The highest BCUT2D eigenvalue weighted by Crippen LogP contribution is 2.33. The zero-order valence-corrected chi connectivity index (χ0v) is 12.8. The van der Waals surface area contributed by atoms with Gasteiger partial charge in [-0.25, -0.2) is 9.78 Å². The number of thiazole rings is 1. The minimum absolute atomic E-state index is 0.0808. The van der Waals surface area contributed by atoms with Crippen LogP contribution >= 0.6 is 11.3 Å². The van der Waals surface area contributed by atoms with Gasteiger partial charge in [-0.15, -0.1) is 11.3 Å². The van der Waals surface area contributed by atoms with Gasteiger partial charge in [-0.1, -0.05) is 13.8 Å². The summed E-state index contributed by atoms with van der Waals surface area (Å²) in [5, 5.41) is 21.9. The van der Waals surface area contributed by atoms with Gasteiger partial charge in [0.15, 0.2) is 11.4 Å². The summed E-state index contributed by atoms with van der Waals surface area (Å²) >= 11 is 1.12. The van der Waals surface area contributed by atoms with E-state index in [1.165, 1.54) is 17.5 Å². The Bertz CT molecular complexity index is 711. The third kappa shape index (κ3) is 3.59. The predicted octanol–water partition coefficient (Wildman–Crippen LogP) is 3.45. The number of hydrogen-bond acceptors (Lipinski definition) is 6. The summed E-state index contributed by atoms with van der Waals surface area (Å²) in [5.74, 6) is -0.692. The quantitative estimate of drug-likeness (QED) is 0.645. The van der Waals surface area contributed by atoms with Gasteiger partial charge >= 0.3 is 11.7 Å². The summed E-state index contributed by atoms with van der Waals surface area (Å²) in [6, 6.07) is 4.49. The number of carboxylic acids is 1. The molecule has 0 amide bonds. The van der Waals surface area contributed by atoms with Gasteiger partial charge in [-0.05, 0) is 18.1 Å². The largest absolute Gasteiger partial charge is 0.487 e. The molecule has 0 saturated carbocycles. The van der Waals surface area contributed by atoms with Crippen molar-refractivity contribution in [1.29, 1.82) is 0 Å². The number of nitro groups is 1. The summed E-state index contributed by atoms with van der Waals surface area (Å²) in [5.41, 5.74) is 0.245. The summed E-state index contributed by atoms with van der Waals surface area (Å²) < 4.78 is 5.44. The third-order valence-electron chi connectivity index (χ3n) is 2.70. The molecule has 1 aromatic heterocycles. The van der Waals surface area contributed by atoms with Gasteiger partial charge in [-0.2, -0.15) is 0 Å². The van der Waals surface area contributed by atoms with Crippen LogP contribution in [0.2, 0.25) is 0 Å². The van der Waals surface area contributed by atoms with Crippen molar-refractivity contribution in [3.8, 4) is 16.3 Å². The molecule has 1 heterocycles. The molecule has 0 spiro atoms. The van der Waals surface area contributed by atoms with E-state index in [-0.39, 0.29) is 23.0 Å². The average Bonchev–Trinajstić information content (AvgIpc) is 2.94. The van der Waals surface area contributed by atoms with Gasteiger partial charge in [0.2, 0.25) is 0 Å². The number of ether oxygens (including phenoxy) is 1. The van der Waals surface area contributed by atoms with E-state index < -0.39 is 10.9 Å². The van der Waals surface area contributed by atoms with Crippen LogP contribution in [0.15, 0.2) is 23.6 Å². The molecule has 2 aromatic rings. The monoisotopic (exact) mass is 322 g/mol. The second kappa shape index (κ2) is 6.52. The lowest BCUT2D eigenvalue weighted by Crippen LogP contribution is -2.06. The fourth-order valence-electron chi connectivity index (χ4n) is 1.68. The Kier molecular flexibility index (Phi) is 4.71. The molecule has 0 aliphatic rings. The van der Waals surface area contributed by atoms with Crippen LogP contribution in [0, 0.1) is 16.0 Å². The molecule has 7 nitrogen and oxygen atoms in total. The van der Waals surface area contributed by atoms with E-state index in [1.54, 1.807) is 6.07 Å². The number of carboxylic acid groups (broad SMARTS) is 1. The highest BCUT2D eigenvalue weighted by Gasteiger charge is 2.19. The highest BCUT2D eigenvalue weighted by molar-refractivity contribution is 7.13. The molecule has 22 heavy (non-hydrogen) atoms. The zero-order chi connectivity index (χ0) is 16.3. The Morgan fingerprint density at radius 1 is 1.50 bits per heavy atom. The number of rotatable bonds is 6. The molecule has 0 radical (unpaired) electrons. The lowest BCUT2D eigenvalue weighted by Gasteiger charge is -2.09. The molecule has 0 fully saturated rings. The van der Waals surface area contributed by atoms with Gasteiger partial charge in [0.05, 0.1) is 11.5 Å². The first-order valence-electron chi connectivity index (χ1n) is 6.49. The van der Waals surface area contributed by atoms with Gasteiger partial charge in [-0.3, -0.25) is 10.1 Å². The number of carbonyl (C=O) groups is 1. The Labute approximate surface area is 130 Å². The van der Waals surface area contributed by atoms with Crippen molar-refractivity contribution in [3.63, 3.8) is 0 Å². The van der Waals surface area contributed by atoms with Crippen LogP contribution in [0.3, 0.4) is 0 Å². The maximum Gasteiger partial charge on any atom is 0.355 e. The van der Waals surface area contributed by atoms with Crippen LogP contribution in [-0.2, 0) is 0 Å². The number of benzene rings is 1. The summed E-state index contributed by atoms with van der Waals surface area (Å²) in [6.07, 6.45) is 0. The molecule has 2 rings (SSSR count). The molecule has 8 heteroatoms. The van der Waals surface area contributed by atoms with Crippen LogP contribution in [0.25, 0.3) is 10.6 Å². The van der Waals surface area contributed by atoms with Gasteiger partial charge in [0.25, 0.3) is 0 Å². The second-order valence-electron chi connectivity index (χ2n) is 4.99. The topological polar surface area (TPSA) is 103 Å². The first kappa shape index (κ1) is 15.9. The van der Waals surface area contributed by atoms with Crippen molar-refractivity contribution in [2.24, 2.45) is 5.92 Å². The second-order valence-corrected chi connectivity index (χ2v) is 5.85. The van der Waals surface area contributed by atoms with Crippen molar-refractivity contribution in [2.75, 3.05) is 6.61 Å². The molecular formula is C14H14N2O5S. The van der Waals surface area contributed by atoms with E-state index in [2.05, 4.69) is 4.98 Å². The molecule has 0 bridgehead atoms. The molecule has 1 N–H and O–H groups in total. The lowest BCUT2D eigenvalue weighted by molar-refractivity contribution is -0.385. The van der Waals surface area contributed by atoms with Gasteiger partial charge in [0, 0.05) is 17.0 Å². The van der Waals surface area contributed by atoms with E-state index in [0.29, 0.717) is 17.2 Å². The smallest absolute Gasteiger partial charge is 0.355 e. The summed E-state index contributed by atoms with van der Waals surface area (Å²) in [7, 11) is 0. The number of aromatic carboxylic acids is 1. The molecule has 0 saturated heterocycles. The van der Waals surface area contributed by atoms with E-state index in [4.69, 9.17) is 9.84 Å². The number of nitrogens with zero attached hydrogens (tertiary/aromatic N) is 2. The standard InChI is InChI=1S/C14H14N2O5S/c1-8(2)6-21-12-4-3-9(5-11(12)16(19)20)13-15-10(7-22-13)14(17)18/h3-5,7-8H,6H2,1-2H3,(H,17,18). The maximum atomic E-state index is 11.2. The van der Waals surface area contributed by atoms with Crippen LogP contribution < -0.4 is 4.74 Å². The third-order valence-corrected chi connectivity index (χ3v) is 3.59. The Balaban J connectivity index is 2.35. The molecule has 116 valence electrons. The molecule has 0 aliphatic heterocycles. The number of hydrogen-bond donors (Lipinski definition) is 1. The molecular weight excluding hydrogens is 308 g/mol. The fraction of sp³-hybridized carbons (Fsp3) is 0.286. The highest BCUT2D eigenvalue weighted by atomic mass is 32.1.